The predicted molar refractivity (Wildman–Crippen MR) is 101 cm³/mol. The summed E-state index contributed by atoms with van der Waals surface area (Å²) in [7, 11) is 0. The van der Waals surface area contributed by atoms with Crippen LogP contribution in [0.25, 0.3) is 11.0 Å². The number of benzene rings is 2. The summed E-state index contributed by atoms with van der Waals surface area (Å²) in [5, 5.41) is 9.50. The number of hydrogen-bond acceptors (Lipinski definition) is 4. The number of imidazole rings is 1. The van der Waals surface area contributed by atoms with Crippen LogP contribution >= 0.6 is 11.8 Å². The molecule has 0 unspecified atom stereocenters. The van der Waals surface area contributed by atoms with Crippen LogP contribution in [0.2, 0.25) is 0 Å². The zero-order valence-corrected chi connectivity index (χ0v) is 15.0. The van der Waals surface area contributed by atoms with Crippen LogP contribution in [0.5, 0.6) is 0 Å². The van der Waals surface area contributed by atoms with Gasteiger partial charge in [0.2, 0.25) is 5.91 Å². The first-order chi connectivity index (χ1) is 12.6. The normalized spacial score (nSPS) is 10.7. The second kappa shape index (κ2) is 8.02. The Morgan fingerprint density at radius 2 is 2.08 bits per heavy atom. The molecule has 2 aromatic carbocycles. The van der Waals surface area contributed by atoms with Gasteiger partial charge in [-0.3, -0.25) is 4.79 Å². The SMILES string of the molecule is Cc1ccc2nc(SCC(=O)N(CCC#N)c3ccc(F)cc3)[nH]c2c1. The summed E-state index contributed by atoms with van der Waals surface area (Å²) in [6.45, 7) is 2.27. The summed E-state index contributed by atoms with van der Waals surface area (Å²) in [4.78, 5) is 21.8. The Kier molecular flexibility index (Phi) is 5.54. The van der Waals surface area contributed by atoms with Crippen molar-refractivity contribution in [2.75, 3.05) is 17.2 Å². The van der Waals surface area contributed by atoms with Crippen molar-refractivity contribution in [3.63, 3.8) is 0 Å². The van der Waals surface area contributed by atoms with Gasteiger partial charge in [-0.15, -0.1) is 0 Å². The summed E-state index contributed by atoms with van der Waals surface area (Å²) < 4.78 is 13.1. The Labute approximate surface area is 154 Å². The van der Waals surface area contributed by atoms with E-state index in [-0.39, 0.29) is 30.4 Å². The molecule has 0 aliphatic carbocycles. The first-order valence-electron chi connectivity index (χ1n) is 8.09. The van der Waals surface area contributed by atoms with Crippen molar-refractivity contribution in [3.8, 4) is 6.07 Å². The number of carbonyl (C=O) groups excluding carboxylic acids is 1. The molecule has 1 N–H and O–H groups in total. The number of anilines is 1. The smallest absolute Gasteiger partial charge is 0.237 e. The van der Waals surface area contributed by atoms with Crippen LogP contribution in [-0.4, -0.2) is 28.2 Å². The van der Waals surface area contributed by atoms with Crippen LogP contribution in [0.3, 0.4) is 0 Å². The number of H-pyrrole nitrogens is 1. The number of nitrogens with one attached hydrogen (secondary N) is 1. The number of nitriles is 1. The molecular weight excluding hydrogens is 351 g/mol. The summed E-state index contributed by atoms with van der Waals surface area (Å²) in [6, 6.07) is 13.7. The third-order valence-corrected chi connectivity index (χ3v) is 4.69. The van der Waals surface area contributed by atoms with E-state index >= 15 is 0 Å². The van der Waals surface area contributed by atoms with Crippen molar-refractivity contribution in [2.45, 2.75) is 18.5 Å². The number of aromatic amines is 1. The molecule has 5 nitrogen and oxygen atoms in total. The molecule has 0 bridgehead atoms. The number of aromatic nitrogens is 2. The fraction of sp³-hybridized carbons (Fsp3) is 0.211. The van der Waals surface area contributed by atoms with Gasteiger partial charge in [-0.1, -0.05) is 17.8 Å². The van der Waals surface area contributed by atoms with Gasteiger partial charge in [-0.2, -0.15) is 5.26 Å². The van der Waals surface area contributed by atoms with Crippen molar-refractivity contribution in [2.24, 2.45) is 0 Å². The minimum atomic E-state index is -0.367. The van der Waals surface area contributed by atoms with E-state index in [0.717, 1.165) is 16.6 Å². The second-order valence-corrected chi connectivity index (χ2v) is 6.75. The van der Waals surface area contributed by atoms with Gasteiger partial charge in [0.05, 0.1) is 29.3 Å². The molecule has 0 saturated heterocycles. The second-order valence-electron chi connectivity index (χ2n) is 5.78. The van der Waals surface area contributed by atoms with Crippen LogP contribution in [0.1, 0.15) is 12.0 Å². The van der Waals surface area contributed by atoms with Gasteiger partial charge < -0.3 is 9.88 Å². The topological polar surface area (TPSA) is 72.8 Å². The monoisotopic (exact) mass is 368 g/mol. The molecule has 0 spiro atoms. The van der Waals surface area contributed by atoms with E-state index in [9.17, 15) is 9.18 Å². The van der Waals surface area contributed by atoms with Crippen LogP contribution in [-0.2, 0) is 4.79 Å². The van der Waals surface area contributed by atoms with Gasteiger partial charge in [0.25, 0.3) is 0 Å². The van der Waals surface area contributed by atoms with E-state index in [1.54, 1.807) is 12.1 Å². The minimum Gasteiger partial charge on any atom is -0.333 e. The van der Waals surface area contributed by atoms with Gasteiger partial charge in [-0.25, -0.2) is 9.37 Å². The number of fused-ring (bicyclic) bond motifs is 1. The Bertz CT molecular complexity index is 962. The molecule has 3 rings (SSSR count). The summed E-state index contributed by atoms with van der Waals surface area (Å²) in [5.74, 6) is -0.358. The highest BCUT2D eigenvalue weighted by Crippen LogP contribution is 2.22. The van der Waals surface area contributed by atoms with Gasteiger partial charge in [0, 0.05) is 12.2 Å². The molecule has 0 radical (unpaired) electrons. The molecule has 1 amide bonds. The first-order valence-corrected chi connectivity index (χ1v) is 9.07. The molecule has 26 heavy (non-hydrogen) atoms. The lowest BCUT2D eigenvalue weighted by Crippen LogP contribution is -2.33. The Hall–Kier alpha value is -2.85. The molecule has 0 saturated carbocycles. The summed E-state index contributed by atoms with van der Waals surface area (Å²) in [5.41, 5.74) is 3.49. The molecular formula is C19H17FN4OS. The van der Waals surface area contributed by atoms with Gasteiger partial charge >= 0.3 is 0 Å². The highest BCUT2D eigenvalue weighted by atomic mass is 32.2. The Morgan fingerprint density at radius 1 is 1.31 bits per heavy atom. The van der Waals surface area contributed by atoms with Crippen LogP contribution in [0.4, 0.5) is 10.1 Å². The largest absolute Gasteiger partial charge is 0.333 e. The third-order valence-electron chi connectivity index (χ3n) is 3.83. The van der Waals surface area contributed by atoms with Crippen molar-refractivity contribution >= 4 is 34.4 Å². The van der Waals surface area contributed by atoms with Crippen molar-refractivity contribution in [1.29, 1.82) is 5.26 Å². The quantitative estimate of drug-likeness (QED) is 0.666. The van der Waals surface area contributed by atoms with Crippen LogP contribution in [0.15, 0.2) is 47.6 Å². The highest BCUT2D eigenvalue weighted by Gasteiger charge is 2.17. The molecule has 7 heteroatoms. The maximum Gasteiger partial charge on any atom is 0.237 e. The minimum absolute atomic E-state index is 0.159. The van der Waals surface area contributed by atoms with E-state index in [2.05, 4.69) is 9.97 Å². The number of rotatable bonds is 6. The van der Waals surface area contributed by atoms with Crippen molar-refractivity contribution in [3.05, 3.63) is 53.8 Å². The Balaban J connectivity index is 1.72. The molecule has 1 aromatic heterocycles. The molecule has 0 aliphatic heterocycles. The number of aryl methyl sites for hydroxylation is 1. The molecule has 0 atom stereocenters. The molecule has 1 heterocycles. The average Bonchev–Trinajstić information content (AvgIpc) is 3.03. The fourth-order valence-electron chi connectivity index (χ4n) is 2.56. The maximum absolute atomic E-state index is 13.1. The zero-order chi connectivity index (χ0) is 18.5. The van der Waals surface area contributed by atoms with Gasteiger partial charge in [-0.05, 0) is 48.9 Å². The summed E-state index contributed by atoms with van der Waals surface area (Å²) in [6.07, 6.45) is 0.206. The lowest BCUT2D eigenvalue weighted by Gasteiger charge is -2.21. The lowest BCUT2D eigenvalue weighted by atomic mass is 10.2. The average molecular weight is 368 g/mol. The number of amides is 1. The zero-order valence-electron chi connectivity index (χ0n) is 14.2. The van der Waals surface area contributed by atoms with Gasteiger partial charge in [0.1, 0.15) is 5.82 Å². The Morgan fingerprint density at radius 3 is 2.81 bits per heavy atom. The number of thioether (sulfide) groups is 1. The molecule has 0 aliphatic rings. The standard InChI is InChI=1S/C19H17FN4OS/c1-13-3-8-16-17(11-13)23-19(22-16)26-12-18(25)24(10-2-9-21)15-6-4-14(20)5-7-15/h3-8,11H,2,10,12H2,1H3,(H,22,23). The maximum atomic E-state index is 13.1. The number of carbonyl (C=O) groups is 1. The van der Waals surface area contributed by atoms with E-state index < -0.39 is 0 Å². The van der Waals surface area contributed by atoms with Crippen molar-refractivity contribution in [1.82, 2.24) is 9.97 Å². The summed E-state index contributed by atoms with van der Waals surface area (Å²) >= 11 is 1.30. The van der Waals surface area contributed by atoms with Crippen LogP contribution in [0, 0.1) is 24.1 Å². The predicted octanol–water partition coefficient (Wildman–Crippen LogP) is 4.05. The van der Waals surface area contributed by atoms with E-state index in [1.165, 1.54) is 28.8 Å². The number of halogens is 1. The van der Waals surface area contributed by atoms with Gasteiger partial charge in [0.15, 0.2) is 5.16 Å². The van der Waals surface area contributed by atoms with E-state index in [1.807, 2.05) is 31.2 Å². The number of nitrogens with zero attached hydrogens (tertiary/aromatic N) is 3. The highest BCUT2D eigenvalue weighted by molar-refractivity contribution is 7.99. The first kappa shape index (κ1) is 18.0. The number of hydrogen-bond donors (Lipinski definition) is 1. The third kappa shape index (κ3) is 4.21. The lowest BCUT2D eigenvalue weighted by molar-refractivity contribution is -0.116. The molecule has 0 fully saturated rings. The molecule has 132 valence electrons. The van der Waals surface area contributed by atoms with Crippen molar-refractivity contribution < 1.29 is 9.18 Å². The van der Waals surface area contributed by atoms with E-state index in [0.29, 0.717) is 10.8 Å². The fourth-order valence-corrected chi connectivity index (χ4v) is 3.32. The molecule has 3 aromatic rings. The van der Waals surface area contributed by atoms with Crippen LogP contribution < -0.4 is 4.90 Å². The van der Waals surface area contributed by atoms with E-state index in [4.69, 9.17) is 5.26 Å².